The average molecular weight is 218 g/mol. The molecule has 1 aliphatic rings. The van der Waals surface area contributed by atoms with Crippen molar-refractivity contribution in [2.75, 3.05) is 14.2 Å². The molecule has 0 aromatic carbocycles. The van der Waals surface area contributed by atoms with Gasteiger partial charge in [0.05, 0.1) is 19.2 Å². The Hall–Kier alpha value is -1.00. The fourth-order valence-electron chi connectivity index (χ4n) is 1.21. The van der Waals surface area contributed by atoms with Crippen molar-refractivity contribution >= 4 is 17.8 Å². The van der Waals surface area contributed by atoms with Crippen LogP contribution in [0.25, 0.3) is 0 Å². The summed E-state index contributed by atoms with van der Waals surface area (Å²) in [6.45, 7) is 0. The molecule has 0 amide bonds. The Balaban J connectivity index is 2.94. The van der Waals surface area contributed by atoms with Crippen LogP contribution in [0.5, 0.6) is 0 Å². The summed E-state index contributed by atoms with van der Waals surface area (Å²) in [7, 11) is 3.04. The molecule has 1 rings (SSSR count). The zero-order valence-corrected chi connectivity index (χ0v) is 8.73. The third kappa shape index (κ3) is 2.08. The Morgan fingerprint density at radius 1 is 1.64 bits per heavy atom. The summed E-state index contributed by atoms with van der Waals surface area (Å²) >= 11 is 6.12. The van der Waals surface area contributed by atoms with Gasteiger partial charge in [-0.15, -0.1) is 5.16 Å². The number of hydrogen-bond donors (Lipinski definition) is 1. The molecule has 14 heavy (non-hydrogen) atoms. The highest BCUT2D eigenvalue weighted by Crippen LogP contribution is 2.33. The highest BCUT2D eigenvalue weighted by atomic mass is 35.5. The monoisotopic (exact) mass is 217 g/mol. The van der Waals surface area contributed by atoms with Gasteiger partial charge in [0.15, 0.2) is 5.06 Å². The van der Waals surface area contributed by atoms with Crippen molar-refractivity contribution in [3.05, 3.63) is 24.0 Å². The molecule has 0 saturated heterocycles. The van der Waals surface area contributed by atoms with Crippen LogP contribution in [0, 0.1) is 5.92 Å². The van der Waals surface area contributed by atoms with Gasteiger partial charge in [-0.05, 0) is 18.2 Å². The topological polar surface area (TPSA) is 51.0 Å². The number of halogens is 1. The molecule has 0 aromatic heterocycles. The minimum absolute atomic E-state index is 0.362. The molecule has 1 aliphatic carbocycles. The number of hydrogen-bond acceptors (Lipinski definition) is 4. The predicted octanol–water partition coefficient (Wildman–Crippen LogP) is 1.74. The summed E-state index contributed by atoms with van der Waals surface area (Å²) in [6, 6.07) is 0. The molecule has 1 N–H and O–H groups in total. The third-order valence-corrected chi connectivity index (χ3v) is 2.58. The van der Waals surface area contributed by atoms with Crippen molar-refractivity contribution in [1.82, 2.24) is 0 Å². The van der Waals surface area contributed by atoms with E-state index in [1.165, 1.54) is 13.3 Å². The summed E-state index contributed by atoms with van der Waals surface area (Å²) in [5.74, 6) is 0.294. The fraction of sp³-hybridized carbons (Fsp3) is 0.444. The molecule has 5 heteroatoms. The van der Waals surface area contributed by atoms with Gasteiger partial charge in [-0.25, -0.2) is 0 Å². The van der Waals surface area contributed by atoms with E-state index >= 15 is 0 Å². The molecule has 2 atom stereocenters. The minimum Gasteiger partial charge on any atom is -0.497 e. The van der Waals surface area contributed by atoms with E-state index in [1.54, 1.807) is 25.3 Å². The summed E-state index contributed by atoms with van der Waals surface area (Å²) in [5, 5.41) is 10.4. The van der Waals surface area contributed by atoms with Crippen LogP contribution in [-0.2, 0) is 9.47 Å². The molecule has 0 heterocycles. The van der Waals surface area contributed by atoms with Gasteiger partial charge < -0.3 is 14.7 Å². The van der Waals surface area contributed by atoms with E-state index < -0.39 is 5.06 Å². The molecule has 0 unspecified atom stereocenters. The van der Waals surface area contributed by atoms with Crippen LogP contribution in [0.2, 0.25) is 0 Å². The number of allylic oxidation sites excluding steroid dienone is 1. The lowest BCUT2D eigenvalue weighted by molar-refractivity contribution is 0.0856. The van der Waals surface area contributed by atoms with E-state index in [-0.39, 0.29) is 5.92 Å². The standard InChI is InChI=1S/C9H12ClNO3/c1-13-8-3-4-9(10,14-2)7(5-8)6-11-12/h3-7,12H,1-2H3/t7-,9-/m1/s1. The summed E-state index contributed by atoms with van der Waals surface area (Å²) in [6.07, 6.45) is 6.37. The van der Waals surface area contributed by atoms with E-state index in [1.807, 2.05) is 0 Å². The summed E-state index contributed by atoms with van der Waals surface area (Å²) in [5.41, 5.74) is 0. The summed E-state index contributed by atoms with van der Waals surface area (Å²) in [4.78, 5) is 0. The maximum atomic E-state index is 8.47. The lowest BCUT2D eigenvalue weighted by atomic mass is 9.97. The lowest BCUT2D eigenvalue weighted by Gasteiger charge is -2.29. The highest BCUT2D eigenvalue weighted by molar-refractivity contribution is 6.25. The second kappa shape index (κ2) is 4.48. The molecule has 0 aliphatic heterocycles. The Kier molecular flexibility index (Phi) is 3.55. The van der Waals surface area contributed by atoms with Crippen LogP contribution in [0.15, 0.2) is 29.1 Å². The van der Waals surface area contributed by atoms with Crippen molar-refractivity contribution < 1.29 is 14.7 Å². The number of ether oxygens (including phenoxy) is 2. The smallest absolute Gasteiger partial charge is 0.171 e. The Morgan fingerprint density at radius 2 is 2.36 bits per heavy atom. The van der Waals surface area contributed by atoms with E-state index in [4.69, 9.17) is 26.3 Å². The largest absolute Gasteiger partial charge is 0.497 e. The van der Waals surface area contributed by atoms with Crippen molar-refractivity contribution in [3.63, 3.8) is 0 Å². The number of oxime groups is 1. The highest BCUT2D eigenvalue weighted by Gasteiger charge is 2.35. The van der Waals surface area contributed by atoms with Gasteiger partial charge in [-0.3, -0.25) is 0 Å². The molecule has 4 nitrogen and oxygen atoms in total. The van der Waals surface area contributed by atoms with Crippen molar-refractivity contribution in [2.24, 2.45) is 11.1 Å². The quantitative estimate of drug-likeness (QED) is 0.339. The average Bonchev–Trinajstić information content (AvgIpc) is 2.22. The molecule has 0 aromatic rings. The molecule has 0 radical (unpaired) electrons. The van der Waals surface area contributed by atoms with Gasteiger partial charge in [-0.2, -0.15) is 0 Å². The number of alkyl halides is 1. The zero-order chi connectivity index (χ0) is 10.6. The lowest BCUT2D eigenvalue weighted by Crippen LogP contribution is -2.34. The molecule has 78 valence electrons. The first-order chi connectivity index (χ1) is 6.66. The van der Waals surface area contributed by atoms with Crippen LogP contribution >= 0.6 is 11.6 Å². The van der Waals surface area contributed by atoms with Gasteiger partial charge in [0.25, 0.3) is 0 Å². The third-order valence-electron chi connectivity index (χ3n) is 2.05. The SMILES string of the molecule is COC1=C[C@H](C=NO)[C@](Cl)(OC)C=C1. The molecule has 0 saturated carbocycles. The van der Waals surface area contributed by atoms with Gasteiger partial charge in [-0.1, -0.05) is 11.6 Å². The Bertz CT molecular complexity index is 288. The molecule has 0 fully saturated rings. The normalized spacial score (nSPS) is 31.9. The van der Waals surface area contributed by atoms with Crippen LogP contribution in [-0.4, -0.2) is 30.7 Å². The van der Waals surface area contributed by atoms with Gasteiger partial charge in [0, 0.05) is 7.11 Å². The van der Waals surface area contributed by atoms with Gasteiger partial charge >= 0.3 is 0 Å². The van der Waals surface area contributed by atoms with Crippen LogP contribution < -0.4 is 0 Å². The number of rotatable bonds is 3. The first-order valence-electron chi connectivity index (χ1n) is 4.03. The number of nitrogens with zero attached hydrogens (tertiary/aromatic N) is 1. The second-order valence-electron chi connectivity index (χ2n) is 2.80. The van der Waals surface area contributed by atoms with Crippen LogP contribution in [0.1, 0.15) is 0 Å². The van der Waals surface area contributed by atoms with Crippen LogP contribution in [0.3, 0.4) is 0 Å². The Labute approximate surface area is 87.4 Å². The van der Waals surface area contributed by atoms with Crippen molar-refractivity contribution in [1.29, 1.82) is 0 Å². The van der Waals surface area contributed by atoms with Crippen molar-refractivity contribution in [2.45, 2.75) is 5.06 Å². The van der Waals surface area contributed by atoms with Gasteiger partial charge in [0.2, 0.25) is 0 Å². The molecular formula is C9H12ClNO3. The van der Waals surface area contributed by atoms with E-state index in [0.717, 1.165) is 0 Å². The molecule has 0 bridgehead atoms. The van der Waals surface area contributed by atoms with E-state index in [9.17, 15) is 0 Å². The number of methoxy groups -OCH3 is 2. The molecular weight excluding hydrogens is 206 g/mol. The van der Waals surface area contributed by atoms with Gasteiger partial charge in [0.1, 0.15) is 5.76 Å². The maximum Gasteiger partial charge on any atom is 0.171 e. The van der Waals surface area contributed by atoms with Crippen LogP contribution in [0.4, 0.5) is 0 Å². The second-order valence-corrected chi connectivity index (χ2v) is 3.39. The molecule has 0 spiro atoms. The van der Waals surface area contributed by atoms with Crippen molar-refractivity contribution in [3.8, 4) is 0 Å². The predicted molar refractivity (Wildman–Crippen MR) is 53.6 cm³/mol. The summed E-state index contributed by atoms with van der Waals surface area (Å²) < 4.78 is 10.1. The fourth-order valence-corrected chi connectivity index (χ4v) is 1.39. The maximum absolute atomic E-state index is 8.47. The first kappa shape index (κ1) is 11.1. The minimum atomic E-state index is -1.01. The zero-order valence-electron chi connectivity index (χ0n) is 7.98. The van der Waals surface area contributed by atoms with E-state index in [2.05, 4.69) is 5.16 Å². The Morgan fingerprint density at radius 3 is 2.86 bits per heavy atom. The van der Waals surface area contributed by atoms with E-state index in [0.29, 0.717) is 5.76 Å². The first-order valence-corrected chi connectivity index (χ1v) is 4.40.